The number of hydrogen-bond donors (Lipinski definition) is 0. The highest BCUT2D eigenvalue weighted by atomic mass is 16.7. The maximum Gasteiger partial charge on any atom is 0.148 e. The van der Waals surface area contributed by atoms with Gasteiger partial charge in [-0.3, -0.25) is 0 Å². The van der Waals surface area contributed by atoms with Crippen LogP contribution in [0.3, 0.4) is 0 Å². The van der Waals surface area contributed by atoms with E-state index in [1.807, 2.05) is 0 Å². The summed E-state index contributed by atoms with van der Waals surface area (Å²) >= 11 is 0. The molecule has 0 aromatic carbocycles. The van der Waals surface area contributed by atoms with Crippen molar-refractivity contribution < 1.29 is 23.7 Å². The van der Waals surface area contributed by atoms with E-state index in [-0.39, 0.29) is 30.5 Å². The van der Waals surface area contributed by atoms with Crippen LogP contribution in [-0.2, 0) is 23.7 Å². The summed E-state index contributed by atoms with van der Waals surface area (Å²) < 4.78 is 23.2. The molecule has 158 valence electrons. The first-order valence-electron chi connectivity index (χ1n) is 11.1. The molecular formula is C22H40O5. The lowest BCUT2D eigenvalue weighted by Gasteiger charge is -2.25. The van der Waals surface area contributed by atoms with E-state index < -0.39 is 0 Å². The zero-order valence-electron chi connectivity index (χ0n) is 17.4. The molecule has 0 amide bonds. The molecular weight excluding hydrogens is 344 g/mol. The molecule has 2 heterocycles. The maximum atomic E-state index is 10.9. The molecule has 0 aromatic rings. The fourth-order valence-corrected chi connectivity index (χ4v) is 4.31. The third-order valence-electron chi connectivity index (χ3n) is 5.89. The monoisotopic (exact) mass is 384 g/mol. The first kappa shape index (κ1) is 22.8. The molecule has 0 spiro atoms. The van der Waals surface area contributed by atoms with Crippen molar-refractivity contribution in [3.8, 4) is 0 Å². The van der Waals surface area contributed by atoms with E-state index in [1.165, 1.54) is 51.4 Å². The van der Waals surface area contributed by atoms with Crippen molar-refractivity contribution in [3.63, 3.8) is 0 Å². The van der Waals surface area contributed by atoms with Crippen molar-refractivity contribution >= 4 is 6.29 Å². The average molecular weight is 385 g/mol. The normalized spacial score (nSPS) is 29.3. The Morgan fingerprint density at radius 3 is 2.26 bits per heavy atom. The molecule has 2 saturated heterocycles. The van der Waals surface area contributed by atoms with Gasteiger partial charge in [0.05, 0.1) is 24.4 Å². The summed E-state index contributed by atoms with van der Waals surface area (Å²) in [7, 11) is 1.66. The van der Waals surface area contributed by atoms with Gasteiger partial charge in [0.1, 0.15) is 19.2 Å². The fourth-order valence-electron chi connectivity index (χ4n) is 4.31. The second-order valence-corrected chi connectivity index (χ2v) is 8.09. The molecule has 5 atom stereocenters. The van der Waals surface area contributed by atoms with E-state index in [0.29, 0.717) is 6.79 Å². The Bertz CT molecular complexity index is 389. The van der Waals surface area contributed by atoms with Crippen molar-refractivity contribution in [1.29, 1.82) is 0 Å². The number of aldehydes is 1. The Labute approximate surface area is 165 Å². The summed E-state index contributed by atoms with van der Waals surface area (Å²) in [4.78, 5) is 10.9. The van der Waals surface area contributed by atoms with Crippen LogP contribution in [0.15, 0.2) is 0 Å². The lowest BCUT2D eigenvalue weighted by atomic mass is 10.0. The molecule has 0 aromatic heterocycles. The third kappa shape index (κ3) is 8.18. The van der Waals surface area contributed by atoms with Crippen LogP contribution >= 0.6 is 0 Å². The van der Waals surface area contributed by atoms with Crippen molar-refractivity contribution in [2.24, 2.45) is 0 Å². The zero-order valence-corrected chi connectivity index (χ0v) is 17.4. The number of rotatable bonds is 15. The standard InChI is InChI=1S/C22H40O5/c1-3-4-5-6-7-8-9-10-11-19(25-17-24-2)20-14-15-22(27-20)21-13-12-18(16-23)26-21/h16,18-22H,3-15,17H2,1-2H3. The molecule has 2 aliphatic heterocycles. The van der Waals surface area contributed by atoms with Gasteiger partial charge in [-0.1, -0.05) is 58.3 Å². The van der Waals surface area contributed by atoms with Crippen LogP contribution in [0, 0.1) is 0 Å². The van der Waals surface area contributed by atoms with E-state index in [2.05, 4.69) is 6.92 Å². The van der Waals surface area contributed by atoms with Gasteiger partial charge in [-0.05, 0) is 32.1 Å². The highest BCUT2D eigenvalue weighted by Crippen LogP contribution is 2.33. The molecule has 0 N–H and O–H groups in total. The van der Waals surface area contributed by atoms with E-state index in [1.54, 1.807) is 7.11 Å². The van der Waals surface area contributed by atoms with Crippen LogP contribution in [0.25, 0.3) is 0 Å². The third-order valence-corrected chi connectivity index (χ3v) is 5.89. The minimum atomic E-state index is -0.240. The molecule has 27 heavy (non-hydrogen) atoms. The Hall–Kier alpha value is -0.490. The van der Waals surface area contributed by atoms with Gasteiger partial charge < -0.3 is 23.7 Å². The molecule has 2 aliphatic rings. The molecule has 2 rings (SSSR count). The summed E-state index contributed by atoms with van der Waals surface area (Å²) in [5.74, 6) is 0. The van der Waals surface area contributed by atoms with Crippen LogP contribution in [0.4, 0.5) is 0 Å². The van der Waals surface area contributed by atoms with Gasteiger partial charge in [0.15, 0.2) is 0 Å². The van der Waals surface area contributed by atoms with Crippen molar-refractivity contribution in [2.45, 2.75) is 121 Å². The number of methoxy groups -OCH3 is 1. The quantitative estimate of drug-likeness (QED) is 0.231. The first-order valence-corrected chi connectivity index (χ1v) is 11.1. The minimum Gasteiger partial charge on any atom is -0.370 e. The van der Waals surface area contributed by atoms with E-state index in [0.717, 1.165) is 38.4 Å². The first-order chi connectivity index (χ1) is 13.3. The van der Waals surface area contributed by atoms with Crippen LogP contribution in [0.2, 0.25) is 0 Å². The predicted octanol–water partition coefficient (Wildman–Crippen LogP) is 4.80. The maximum absolute atomic E-state index is 10.9. The summed E-state index contributed by atoms with van der Waals surface area (Å²) in [5, 5.41) is 0. The molecule has 0 radical (unpaired) electrons. The number of hydrogen-bond acceptors (Lipinski definition) is 5. The van der Waals surface area contributed by atoms with Gasteiger partial charge in [0, 0.05) is 7.11 Å². The summed E-state index contributed by atoms with van der Waals surface area (Å²) in [6.07, 6.45) is 16.4. The lowest BCUT2D eigenvalue weighted by molar-refractivity contribution is -0.144. The van der Waals surface area contributed by atoms with Crippen LogP contribution in [0.5, 0.6) is 0 Å². The van der Waals surface area contributed by atoms with Gasteiger partial charge in [0.25, 0.3) is 0 Å². The highest BCUT2D eigenvalue weighted by molar-refractivity contribution is 5.56. The fraction of sp³-hybridized carbons (Fsp3) is 0.955. The smallest absolute Gasteiger partial charge is 0.148 e. The summed E-state index contributed by atoms with van der Waals surface area (Å²) in [5.41, 5.74) is 0. The van der Waals surface area contributed by atoms with Gasteiger partial charge >= 0.3 is 0 Å². The molecule has 0 aliphatic carbocycles. The number of carbonyl (C=O) groups is 1. The van der Waals surface area contributed by atoms with Crippen LogP contribution in [0.1, 0.15) is 90.4 Å². The van der Waals surface area contributed by atoms with E-state index in [9.17, 15) is 4.79 Å². The Kier molecular flexibility index (Phi) is 11.5. The molecule has 0 saturated carbocycles. The Balaban J connectivity index is 1.66. The highest BCUT2D eigenvalue weighted by Gasteiger charge is 2.39. The summed E-state index contributed by atoms with van der Waals surface area (Å²) in [6.45, 7) is 2.58. The van der Waals surface area contributed by atoms with Gasteiger partial charge in [0.2, 0.25) is 0 Å². The SMILES string of the molecule is CCCCCCCCCCC(OCOC)C1CCC(C2CCC(C=O)O2)O1. The van der Waals surface area contributed by atoms with Gasteiger partial charge in [-0.25, -0.2) is 0 Å². The Morgan fingerprint density at radius 2 is 1.59 bits per heavy atom. The van der Waals surface area contributed by atoms with Crippen molar-refractivity contribution in [2.75, 3.05) is 13.9 Å². The van der Waals surface area contributed by atoms with Crippen LogP contribution in [-0.4, -0.2) is 50.7 Å². The van der Waals surface area contributed by atoms with Gasteiger partial charge in [-0.2, -0.15) is 0 Å². The van der Waals surface area contributed by atoms with Crippen molar-refractivity contribution in [1.82, 2.24) is 0 Å². The number of unbranched alkanes of at least 4 members (excludes halogenated alkanes) is 7. The molecule has 5 nitrogen and oxygen atoms in total. The minimum absolute atomic E-state index is 0.0661. The molecule has 2 fully saturated rings. The second-order valence-electron chi connectivity index (χ2n) is 8.09. The zero-order chi connectivity index (χ0) is 19.3. The van der Waals surface area contributed by atoms with Crippen LogP contribution < -0.4 is 0 Å². The second kappa shape index (κ2) is 13.6. The topological polar surface area (TPSA) is 54.0 Å². The number of ether oxygens (including phenoxy) is 4. The average Bonchev–Trinajstić information content (AvgIpc) is 3.35. The van der Waals surface area contributed by atoms with Gasteiger partial charge in [-0.15, -0.1) is 0 Å². The summed E-state index contributed by atoms with van der Waals surface area (Å²) in [6, 6.07) is 0. The largest absolute Gasteiger partial charge is 0.370 e. The molecule has 5 unspecified atom stereocenters. The van der Waals surface area contributed by atoms with Crippen molar-refractivity contribution in [3.05, 3.63) is 0 Å². The molecule has 5 heteroatoms. The lowest BCUT2D eigenvalue weighted by Crippen LogP contribution is -2.33. The van der Waals surface area contributed by atoms with E-state index in [4.69, 9.17) is 18.9 Å². The van der Waals surface area contributed by atoms with E-state index >= 15 is 0 Å². The molecule has 0 bridgehead atoms. The predicted molar refractivity (Wildman–Crippen MR) is 106 cm³/mol. The number of carbonyl (C=O) groups excluding carboxylic acids is 1. The Morgan fingerprint density at radius 1 is 0.926 bits per heavy atom.